The molecular formula is C14H10N2O2S. The van der Waals surface area contributed by atoms with Crippen molar-refractivity contribution < 1.29 is 9.90 Å². The molecule has 1 amide bonds. The highest BCUT2D eigenvalue weighted by molar-refractivity contribution is 7.20. The number of aromatic nitrogens is 1. The van der Waals surface area contributed by atoms with Crippen LogP contribution in [0.1, 0.15) is 9.80 Å². The highest BCUT2D eigenvalue weighted by Gasteiger charge is 2.12. The Bertz CT molecular complexity index is 738. The van der Waals surface area contributed by atoms with Crippen LogP contribution in [0.2, 0.25) is 0 Å². The SMILES string of the molecule is O=C(Nc1ccccc1)c1nc2cc(O)ccc2s1. The number of carbonyl (C=O) groups excluding carboxylic acids is 1. The van der Waals surface area contributed by atoms with Crippen LogP contribution in [-0.2, 0) is 0 Å². The third kappa shape index (κ3) is 2.41. The standard InChI is InChI=1S/C14H10N2O2S/c17-10-6-7-12-11(8-10)16-14(19-12)13(18)15-9-4-2-1-3-5-9/h1-8,17H,(H,15,18). The van der Waals surface area contributed by atoms with Crippen molar-refractivity contribution in [2.24, 2.45) is 0 Å². The number of nitrogens with one attached hydrogen (secondary N) is 1. The number of phenols is 1. The number of thiazole rings is 1. The van der Waals surface area contributed by atoms with Crippen molar-refractivity contribution in [1.82, 2.24) is 4.98 Å². The average Bonchev–Trinajstić information content (AvgIpc) is 2.83. The Labute approximate surface area is 113 Å². The van der Waals surface area contributed by atoms with Crippen LogP contribution in [0, 0.1) is 0 Å². The molecule has 0 atom stereocenters. The summed E-state index contributed by atoms with van der Waals surface area (Å²) in [4.78, 5) is 16.3. The number of para-hydroxylation sites is 1. The molecule has 0 saturated heterocycles. The van der Waals surface area contributed by atoms with E-state index in [1.54, 1.807) is 18.2 Å². The number of carbonyl (C=O) groups is 1. The van der Waals surface area contributed by atoms with Crippen molar-refractivity contribution in [1.29, 1.82) is 0 Å². The molecule has 3 rings (SSSR count). The van der Waals surface area contributed by atoms with E-state index >= 15 is 0 Å². The fourth-order valence-electron chi connectivity index (χ4n) is 1.72. The van der Waals surface area contributed by atoms with Gasteiger partial charge in [-0.2, -0.15) is 0 Å². The highest BCUT2D eigenvalue weighted by atomic mass is 32.1. The molecule has 1 heterocycles. The summed E-state index contributed by atoms with van der Waals surface area (Å²) < 4.78 is 0.871. The summed E-state index contributed by atoms with van der Waals surface area (Å²) in [5, 5.41) is 12.5. The third-order valence-corrected chi connectivity index (χ3v) is 3.63. The lowest BCUT2D eigenvalue weighted by atomic mass is 10.3. The average molecular weight is 270 g/mol. The lowest BCUT2D eigenvalue weighted by molar-refractivity contribution is 0.102. The second kappa shape index (κ2) is 4.70. The zero-order valence-electron chi connectivity index (χ0n) is 9.83. The summed E-state index contributed by atoms with van der Waals surface area (Å²) in [6.07, 6.45) is 0. The van der Waals surface area contributed by atoms with Crippen molar-refractivity contribution in [3.8, 4) is 5.75 Å². The van der Waals surface area contributed by atoms with Crippen LogP contribution in [0.25, 0.3) is 10.2 Å². The number of anilines is 1. The quantitative estimate of drug-likeness (QED) is 0.751. The first-order chi connectivity index (χ1) is 9.22. The summed E-state index contributed by atoms with van der Waals surface area (Å²) in [6.45, 7) is 0. The minimum atomic E-state index is -0.244. The van der Waals surface area contributed by atoms with Crippen LogP contribution in [0.5, 0.6) is 5.75 Å². The number of fused-ring (bicyclic) bond motifs is 1. The predicted octanol–water partition coefficient (Wildman–Crippen LogP) is 3.25. The first kappa shape index (κ1) is 11.7. The number of rotatable bonds is 2. The normalized spacial score (nSPS) is 10.5. The van der Waals surface area contributed by atoms with Crippen LogP contribution in [0.4, 0.5) is 5.69 Å². The number of nitrogens with zero attached hydrogens (tertiary/aromatic N) is 1. The maximum absolute atomic E-state index is 12.0. The predicted molar refractivity (Wildman–Crippen MR) is 75.7 cm³/mol. The summed E-state index contributed by atoms with van der Waals surface area (Å²) >= 11 is 1.30. The lowest BCUT2D eigenvalue weighted by Gasteiger charge is -2.01. The van der Waals surface area contributed by atoms with Gasteiger partial charge in [0.1, 0.15) is 5.75 Å². The van der Waals surface area contributed by atoms with Gasteiger partial charge in [0.2, 0.25) is 0 Å². The fraction of sp³-hybridized carbons (Fsp3) is 0. The molecule has 0 saturated carbocycles. The van der Waals surface area contributed by atoms with Gasteiger partial charge >= 0.3 is 0 Å². The van der Waals surface area contributed by atoms with Crippen molar-refractivity contribution >= 4 is 33.1 Å². The number of phenolic OH excluding ortho intramolecular Hbond substituents is 1. The Kier molecular flexibility index (Phi) is 2.89. The van der Waals surface area contributed by atoms with E-state index in [9.17, 15) is 9.90 Å². The third-order valence-electron chi connectivity index (χ3n) is 2.60. The van der Waals surface area contributed by atoms with Gasteiger partial charge in [0, 0.05) is 11.8 Å². The van der Waals surface area contributed by atoms with Gasteiger partial charge in [0.05, 0.1) is 10.2 Å². The van der Waals surface area contributed by atoms with E-state index in [2.05, 4.69) is 10.3 Å². The topological polar surface area (TPSA) is 62.2 Å². The van der Waals surface area contributed by atoms with E-state index in [0.717, 1.165) is 10.4 Å². The zero-order valence-corrected chi connectivity index (χ0v) is 10.6. The summed E-state index contributed by atoms with van der Waals surface area (Å²) in [6, 6.07) is 14.1. The lowest BCUT2D eigenvalue weighted by Crippen LogP contribution is -2.11. The van der Waals surface area contributed by atoms with Crippen molar-refractivity contribution in [3.05, 3.63) is 53.5 Å². The Morgan fingerprint density at radius 1 is 1.16 bits per heavy atom. The molecule has 1 aromatic heterocycles. The van der Waals surface area contributed by atoms with Gasteiger partial charge < -0.3 is 10.4 Å². The van der Waals surface area contributed by atoms with Gasteiger partial charge in [-0.25, -0.2) is 4.98 Å². The summed E-state index contributed by atoms with van der Waals surface area (Å²) in [5.74, 6) is -0.0975. The maximum atomic E-state index is 12.0. The maximum Gasteiger partial charge on any atom is 0.284 e. The Morgan fingerprint density at radius 2 is 1.95 bits per heavy atom. The first-order valence-corrected chi connectivity index (χ1v) is 6.50. The van der Waals surface area contributed by atoms with E-state index in [4.69, 9.17) is 0 Å². The molecule has 19 heavy (non-hydrogen) atoms. The van der Waals surface area contributed by atoms with Crippen LogP contribution in [0.3, 0.4) is 0 Å². The molecule has 0 bridgehead atoms. The van der Waals surface area contributed by atoms with E-state index in [-0.39, 0.29) is 11.7 Å². The van der Waals surface area contributed by atoms with Crippen LogP contribution in [-0.4, -0.2) is 16.0 Å². The first-order valence-electron chi connectivity index (χ1n) is 5.68. The molecule has 3 aromatic rings. The van der Waals surface area contributed by atoms with Crippen molar-refractivity contribution in [2.75, 3.05) is 5.32 Å². The molecule has 0 spiro atoms. The van der Waals surface area contributed by atoms with E-state index < -0.39 is 0 Å². The Morgan fingerprint density at radius 3 is 2.74 bits per heavy atom. The van der Waals surface area contributed by atoms with Gasteiger partial charge in [0.25, 0.3) is 5.91 Å². The summed E-state index contributed by atoms with van der Waals surface area (Å²) in [7, 11) is 0. The molecule has 0 unspecified atom stereocenters. The smallest absolute Gasteiger partial charge is 0.284 e. The molecule has 0 aliphatic carbocycles. The van der Waals surface area contributed by atoms with E-state index in [1.807, 2.05) is 30.3 Å². The minimum Gasteiger partial charge on any atom is -0.508 e. The molecule has 0 aliphatic heterocycles. The van der Waals surface area contributed by atoms with Gasteiger partial charge in [-0.05, 0) is 24.3 Å². The molecule has 0 radical (unpaired) electrons. The van der Waals surface area contributed by atoms with Gasteiger partial charge in [-0.15, -0.1) is 11.3 Å². The Balaban J connectivity index is 1.89. The van der Waals surface area contributed by atoms with Crippen molar-refractivity contribution in [2.45, 2.75) is 0 Å². The van der Waals surface area contributed by atoms with Crippen LogP contribution >= 0.6 is 11.3 Å². The largest absolute Gasteiger partial charge is 0.508 e. The number of amides is 1. The van der Waals surface area contributed by atoms with E-state index in [1.165, 1.54) is 11.3 Å². The zero-order chi connectivity index (χ0) is 13.2. The monoisotopic (exact) mass is 270 g/mol. The second-order valence-electron chi connectivity index (χ2n) is 3.99. The Hall–Kier alpha value is -2.40. The number of hydrogen-bond acceptors (Lipinski definition) is 4. The van der Waals surface area contributed by atoms with Crippen molar-refractivity contribution in [3.63, 3.8) is 0 Å². The van der Waals surface area contributed by atoms with Crippen LogP contribution < -0.4 is 5.32 Å². The molecule has 4 nitrogen and oxygen atoms in total. The van der Waals surface area contributed by atoms with E-state index in [0.29, 0.717) is 10.5 Å². The fourth-order valence-corrected chi connectivity index (χ4v) is 2.56. The second-order valence-corrected chi connectivity index (χ2v) is 5.02. The number of aromatic hydroxyl groups is 1. The van der Waals surface area contributed by atoms with Gasteiger partial charge in [0.15, 0.2) is 5.01 Å². The number of hydrogen-bond donors (Lipinski definition) is 2. The van der Waals surface area contributed by atoms with Crippen LogP contribution in [0.15, 0.2) is 48.5 Å². The number of benzene rings is 2. The highest BCUT2D eigenvalue weighted by Crippen LogP contribution is 2.25. The molecule has 0 aliphatic rings. The minimum absolute atomic E-state index is 0.146. The van der Waals surface area contributed by atoms with Gasteiger partial charge in [-0.1, -0.05) is 18.2 Å². The summed E-state index contributed by atoms with van der Waals surface area (Å²) in [5.41, 5.74) is 1.36. The molecule has 2 aromatic carbocycles. The molecule has 94 valence electrons. The molecule has 2 N–H and O–H groups in total. The molecule has 5 heteroatoms. The van der Waals surface area contributed by atoms with Gasteiger partial charge in [-0.3, -0.25) is 4.79 Å². The molecule has 0 fully saturated rings. The molecular weight excluding hydrogens is 260 g/mol.